The molecule has 144 valence electrons. The highest BCUT2D eigenvalue weighted by Gasteiger charge is 2.29. The van der Waals surface area contributed by atoms with Gasteiger partial charge in [-0.05, 0) is 74.9 Å². The Hall–Kier alpha value is -1.81. The van der Waals surface area contributed by atoms with Gasteiger partial charge in [0.25, 0.3) is 0 Å². The zero-order valence-corrected chi connectivity index (χ0v) is 17.9. The van der Waals surface area contributed by atoms with Gasteiger partial charge in [0.05, 0.1) is 0 Å². The predicted octanol–water partition coefficient (Wildman–Crippen LogP) is 4.98. The lowest BCUT2D eigenvalue weighted by Crippen LogP contribution is -2.47. The summed E-state index contributed by atoms with van der Waals surface area (Å²) in [6.07, 6.45) is 3.47. The van der Waals surface area contributed by atoms with Gasteiger partial charge in [-0.1, -0.05) is 0 Å². The van der Waals surface area contributed by atoms with Crippen LogP contribution in [0.25, 0.3) is 0 Å². The number of hydrogen-bond donors (Lipinski definition) is 0. The molecular formula is C23H30N2OS. The molecule has 0 N–H and O–H groups in total. The summed E-state index contributed by atoms with van der Waals surface area (Å²) in [6.45, 7) is 13.2. The summed E-state index contributed by atoms with van der Waals surface area (Å²) < 4.78 is 6.11. The first-order chi connectivity index (χ1) is 13.0. The van der Waals surface area contributed by atoms with Gasteiger partial charge in [-0.2, -0.15) is 0 Å². The van der Waals surface area contributed by atoms with Crippen LogP contribution < -0.4 is 14.5 Å². The summed E-state index contributed by atoms with van der Waals surface area (Å²) in [5, 5.41) is 0. The number of thioether (sulfide) groups is 1. The van der Waals surface area contributed by atoms with Crippen molar-refractivity contribution in [2.75, 3.05) is 42.2 Å². The molecule has 3 nitrogen and oxygen atoms in total. The third kappa shape index (κ3) is 3.29. The molecule has 0 aliphatic carbocycles. The lowest BCUT2D eigenvalue weighted by molar-refractivity contribution is 0.253. The van der Waals surface area contributed by atoms with Gasteiger partial charge in [0, 0.05) is 54.4 Å². The molecule has 0 saturated carbocycles. The van der Waals surface area contributed by atoms with Gasteiger partial charge in [-0.15, -0.1) is 11.8 Å². The molecule has 1 saturated heterocycles. The Morgan fingerprint density at radius 2 is 1.52 bits per heavy atom. The second kappa shape index (κ2) is 7.31. The van der Waals surface area contributed by atoms with Gasteiger partial charge >= 0.3 is 0 Å². The fraction of sp³-hybridized carbons (Fsp3) is 0.478. The molecule has 2 aromatic carbocycles. The van der Waals surface area contributed by atoms with Crippen molar-refractivity contribution in [2.24, 2.45) is 0 Å². The first kappa shape index (κ1) is 18.5. The second-order valence-corrected chi connectivity index (χ2v) is 8.72. The van der Waals surface area contributed by atoms with Crippen LogP contribution in [0.2, 0.25) is 0 Å². The van der Waals surface area contributed by atoms with Crippen LogP contribution in [0.15, 0.2) is 29.2 Å². The van der Waals surface area contributed by atoms with E-state index in [-0.39, 0.29) is 0 Å². The third-order valence-electron chi connectivity index (χ3n) is 6.18. The quantitative estimate of drug-likeness (QED) is 0.695. The van der Waals surface area contributed by atoms with E-state index in [2.05, 4.69) is 68.0 Å². The third-order valence-corrected chi connectivity index (χ3v) is 6.93. The number of hydrogen-bond acceptors (Lipinski definition) is 4. The fourth-order valence-corrected chi connectivity index (χ4v) is 4.97. The fourth-order valence-electron chi connectivity index (χ4n) is 4.56. The smallest absolute Gasteiger partial charge is 0.126 e. The predicted molar refractivity (Wildman–Crippen MR) is 117 cm³/mol. The van der Waals surface area contributed by atoms with Crippen molar-refractivity contribution < 1.29 is 4.74 Å². The van der Waals surface area contributed by atoms with Crippen LogP contribution in [-0.4, -0.2) is 38.5 Å². The summed E-state index contributed by atoms with van der Waals surface area (Å²) in [4.78, 5) is 6.43. The summed E-state index contributed by atoms with van der Waals surface area (Å²) in [6, 6.07) is 8.98. The SMILES string of the molecule is CSc1ccc(N2CCN(c3c(C)c(C)c4c(c3C)CC(C)O4)CC2)cc1. The second-order valence-electron chi connectivity index (χ2n) is 7.84. The Kier molecular flexibility index (Phi) is 5.02. The van der Waals surface area contributed by atoms with Crippen molar-refractivity contribution >= 4 is 23.1 Å². The van der Waals surface area contributed by atoms with Crippen LogP contribution in [-0.2, 0) is 6.42 Å². The van der Waals surface area contributed by atoms with Gasteiger partial charge in [-0.3, -0.25) is 0 Å². The molecule has 0 spiro atoms. The van der Waals surface area contributed by atoms with Crippen LogP contribution in [0, 0.1) is 20.8 Å². The summed E-state index contributed by atoms with van der Waals surface area (Å²) in [5.41, 5.74) is 8.35. The van der Waals surface area contributed by atoms with Crippen molar-refractivity contribution in [1.29, 1.82) is 0 Å². The minimum atomic E-state index is 0.299. The maximum absolute atomic E-state index is 6.11. The van der Waals surface area contributed by atoms with Crippen LogP contribution in [0.5, 0.6) is 5.75 Å². The molecule has 4 heteroatoms. The largest absolute Gasteiger partial charge is 0.490 e. The molecule has 2 heterocycles. The zero-order valence-electron chi connectivity index (χ0n) is 17.1. The van der Waals surface area contributed by atoms with Gasteiger partial charge in [0.15, 0.2) is 0 Å². The van der Waals surface area contributed by atoms with Crippen molar-refractivity contribution in [3.8, 4) is 5.75 Å². The number of piperazine rings is 1. The normalized spacial score (nSPS) is 19.2. The van der Waals surface area contributed by atoms with E-state index in [0.717, 1.165) is 38.3 Å². The Labute approximate surface area is 167 Å². The van der Waals surface area contributed by atoms with E-state index in [9.17, 15) is 0 Å². The molecule has 0 aromatic heterocycles. The Bertz CT molecular complexity index is 839. The van der Waals surface area contributed by atoms with Crippen LogP contribution in [0.3, 0.4) is 0 Å². The number of rotatable bonds is 3. The highest BCUT2D eigenvalue weighted by atomic mass is 32.2. The molecule has 0 radical (unpaired) electrons. The van der Waals surface area contributed by atoms with E-state index in [0.29, 0.717) is 6.10 Å². The molecule has 2 aliphatic rings. The van der Waals surface area contributed by atoms with Crippen molar-refractivity contribution in [3.05, 3.63) is 46.5 Å². The number of benzene rings is 2. The first-order valence-corrected chi connectivity index (χ1v) is 11.1. The Morgan fingerprint density at radius 1 is 0.889 bits per heavy atom. The van der Waals surface area contributed by atoms with Crippen LogP contribution in [0.1, 0.15) is 29.2 Å². The van der Waals surface area contributed by atoms with E-state index in [1.807, 2.05) is 0 Å². The molecule has 27 heavy (non-hydrogen) atoms. The average molecular weight is 383 g/mol. The standard InChI is InChI=1S/C23H30N2OS/c1-15-14-21-18(4)22(16(2)17(3)23(21)26-15)25-12-10-24(11-13-25)19-6-8-20(27-5)9-7-19/h6-9,15H,10-14H2,1-5H3. The summed E-state index contributed by atoms with van der Waals surface area (Å²) in [5.74, 6) is 1.15. The molecular weight excluding hydrogens is 352 g/mol. The lowest BCUT2D eigenvalue weighted by Gasteiger charge is -2.39. The monoisotopic (exact) mass is 382 g/mol. The molecule has 0 bridgehead atoms. The molecule has 2 aliphatic heterocycles. The van der Waals surface area contributed by atoms with Crippen LogP contribution in [0.4, 0.5) is 11.4 Å². The van der Waals surface area contributed by atoms with Gasteiger partial charge in [-0.25, -0.2) is 0 Å². The minimum Gasteiger partial charge on any atom is -0.490 e. The molecule has 1 fully saturated rings. The number of fused-ring (bicyclic) bond motifs is 1. The van der Waals surface area contributed by atoms with Crippen molar-refractivity contribution in [3.63, 3.8) is 0 Å². The molecule has 1 atom stereocenters. The van der Waals surface area contributed by atoms with E-state index in [4.69, 9.17) is 4.74 Å². The van der Waals surface area contributed by atoms with E-state index >= 15 is 0 Å². The van der Waals surface area contributed by atoms with Gasteiger partial charge in [0.1, 0.15) is 11.9 Å². The van der Waals surface area contributed by atoms with Crippen LogP contribution >= 0.6 is 11.8 Å². The average Bonchev–Trinajstić information content (AvgIpc) is 3.09. The van der Waals surface area contributed by atoms with Gasteiger partial charge < -0.3 is 14.5 Å². The van der Waals surface area contributed by atoms with Crippen molar-refractivity contribution in [1.82, 2.24) is 0 Å². The highest BCUT2D eigenvalue weighted by Crippen LogP contribution is 2.42. The summed E-state index contributed by atoms with van der Waals surface area (Å²) >= 11 is 1.80. The number of anilines is 2. The lowest BCUT2D eigenvalue weighted by atomic mass is 9.94. The number of nitrogens with zero attached hydrogens (tertiary/aromatic N) is 2. The topological polar surface area (TPSA) is 15.7 Å². The maximum atomic E-state index is 6.11. The molecule has 0 amide bonds. The van der Waals surface area contributed by atoms with Gasteiger partial charge in [0.2, 0.25) is 0 Å². The van der Waals surface area contributed by atoms with E-state index in [1.165, 1.54) is 38.5 Å². The first-order valence-electron chi connectivity index (χ1n) is 9.92. The number of ether oxygens (including phenoxy) is 1. The highest BCUT2D eigenvalue weighted by molar-refractivity contribution is 7.98. The molecule has 1 unspecified atom stereocenters. The zero-order chi connectivity index (χ0) is 19.1. The Morgan fingerprint density at radius 3 is 2.15 bits per heavy atom. The maximum Gasteiger partial charge on any atom is 0.126 e. The van der Waals surface area contributed by atoms with E-state index < -0.39 is 0 Å². The molecule has 2 aromatic rings. The molecule has 4 rings (SSSR count). The van der Waals surface area contributed by atoms with E-state index in [1.54, 1.807) is 11.8 Å². The minimum absolute atomic E-state index is 0.299. The summed E-state index contributed by atoms with van der Waals surface area (Å²) in [7, 11) is 0. The van der Waals surface area contributed by atoms with Crippen molar-refractivity contribution in [2.45, 2.75) is 45.1 Å². The Balaban J connectivity index is 1.55.